The second kappa shape index (κ2) is 73.6. The summed E-state index contributed by atoms with van der Waals surface area (Å²) in [7, 11) is -85.3. The molecule has 0 aromatic rings. The summed E-state index contributed by atoms with van der Waals surface area (Å²) in [5.74, 6) is 0. The molecule has 83 heteroatoms. The van der Waals surface area contributed by atoms with Crippen molar-refractivity contribution in [1.29, 1.82) is 0 Å². The summed E-state index contributed by atoms with van der Waals surface area (Å²) in [4.78, 5) is 9.60. The van der Waals surface area contributed by atoms with Crippen molar-refractivity contribution in [2.75, 3.05) is 0 Å². The molecule has 40 unspecified atom stereocenters. The topological polar surface area (TPSA) is 389 Å². The van der Waals surface area contributed by atoms with Gasteiger partial charge in [-0.1, -0.05) is 19.6 Å². The first-order chi connectivity index (χ1) is 59.3. The Balaban J connectivity index is 4.60. The first-order valence-corrected chi connectivity index (χ1v) is 137. The normalized spacial score (nSPS) is 22.6. The van der Waals surface area contributed by atoms with E-state index in [2.05, 4.69) is 58.9 Å². The third-order valence-corrected chi connectivity index (χ3v) is 153. The highest BCUT2D eigenvalue weighted by Crippen LogP contribution is 2.28. The lowest BCUT2D eigenvalue weighted by Gasteiger charge is -2.43. The Labute approximate surface area is 848 Å². The molecule has 0 bridgehead atoms. The van der Waals surface area contributed by atoms with E-state index in [1.54, 1.807) is 6.55 Å². The molecule has 776 valence electrons. The fourth-order valence-corrected chi connectivity index (χ4v) is 147. The van der Waals surface area contributed by atoms with E-state index in [1.165, 1.54) is 0 Å². The minimum absolute atomic E-state index is 1.70. The Hall–Kier alpha value is 7.47. The van der Waals surface area contributed by atoms with Crippen LogP contribution in [0.4, 0.5) is 0 Å². The summed E-state index contributed by atoms with van der Waals surface area (Å²) in [5, 5.41) is 0. The van der Waals surface area contributed by atoms with Gasteiger partial charge in [0.2, 0.25) is 0 Å². The predicted molar refractivity (Wildman–Crippen MR) is 611 cm³/mol. The Bertz CT molecular complexity index is 2700. The molecule has 0 saturated heterocycles. The smallest absolute Gasteiger partial charge is 0.306 e. The molecule has 0 rings (SSSR count). The maximum absolute atomic E-state index is 9.60. The van der Waals surface area contributed by atoms with Crippen LogP contribution in [0.25, 0.3) is 0 Å². The van der Waals surface area contributed by atoms with Crippen molar-refractivity contribution in [1.82, 2.24) is 0 Å². The lowest BCUT2D eigenvalue weighted by Crippen LogP contribution is -2.65. The summed E-state index contributed by atoms with van der Waals surface area (Å²) in [6, 6.07) is 0. The van der Waals surface area contributed by atoms with Crippen LogP contribution in [-0.2, 0) is 165 Å². The highest BCUT2D eigenvalue weighted by Gasteiger charge is 2.50. The van der Waals surface area contributed by atoms with E-state index in [0.29, 0.717) is 0 Å². The number of hydrogen-bond donors (Lipinski definition) is 1. The summed E-state index contributed by atoms with van der Waals surface area (Å²) < 4.78 is 252. The van der Waals surface area contributed by atoms with Crippen LogP contribution in [0.15, 0.2) is 0 Å². The molecular weight excluding hydrogens is 2390 g/mol. The highest BCUT2D eigenvalue weighted by molar-refractivity contribution is 7.37. The van der Waals surface area contributed by atoms with Gasteiger partial charge >= 0.3 is 9.28 Å². The van der Waals surface area contributed by atoms with Gasteiger partial charge < -0.3 is 169 Å². The Morgan fingerprint density at radius 1 is 0.124 bits per heavy atom. The van der Waals surface area contributed by atoms with E-state index in [-0.39, 0.29) is 0 Å². The van der Waals surface area contributed by atoms with E-state index in [1.807, 2.05) is 236 Å². The molecule has 0 fully saturated rings. The van der Waals surface area contributed by atoms with E-state index < -0.39 is 386 Å². The third-order valence-electron chi connectivity index (χ3n) is 16.8. The van der Waals surface area contributed by atoms with Gasteiger partial charge in [0.25, 0.3) is 361 Å². The number of hydrogen-bond acceptors (Lipinski definition) is 41. The molecule has 0 saturated carbocycles. The van der Waals surface area contributed by atoms with E-state index in [4.69, 9.17) is 165 Å². The van der Waals surface area contributed by atoms with Gasteiger partial charge in [-0.15, -0.1) is 0 Å². The number of rotatable bonds is 81. The molecule has 0 aromatic heterocycles. The summed E-state index contributed by atoms with van der Waals surface area (Å²) in [6.07, 6.45) is 0. The highest BCUT2D eigenvalue weighted by atomic mass is 29.3. The average Bonchev–Trinajstić information content (AvgIpc) is 0.796. The quantitative estimate of drug-likeness (QED) is 0.0598. The zero-order chi connectivity index (χ0) is 99.3. The van der Waals surface area contributed by atoms with Gasteiger partial charge in [0.1, 0.15) is 7.59 Å². The van der Waals surface area contributed by atoms with Crippen LogP contribution in [-0.4, -0.2) is 391 Å². The molecule has 40 atom stereocenters. The van der Waals surface area contributed by atoms with Crippen LogP contribution in [0.5, 0.6) is 0 Å². The monoisotopic (exact) mass is 2560 g/mol. The Kier molecular flexibility index (Phi) is 77.8. The third kappa shape index (κ3) is 74.9. The van der Waals surface area contributed by atoms with Crippen LogP contribution in [0.1, 0.15) is 0 Å². The molecule has 129 heavy (non-hydrogen) atoms. The SMILES string of the molecule is C[SiH](O)O[SiH](C)O[SiH](C)O[SiH](C)O[SiH](C)O[SiH](C)O[SiH](C)O[SiH](C)O[SiH](C)O[SiH](C)O[SiH](C)O[SiH](C)O[SiH](C)O[SiH](C)O[SiH](C)O[SiH](C)O[SiH](C)O[SiH](C)O[SiH](C)O[SiH](C)O[SiH](C)O[SiH](C)O[SiH](C)O[SiH](C)O[SiH](C)O[SiH](C)O[SiH](C)O[SiH](C)O[SiH](C)O[SiH](C)O[SiH](C)O[SiH](C)O[SiH](C)O[SiH](C)O[SiH](C)O[SiH](C)O[SiH](C)O[SiH](C)O[SiH](C)O[Si](C)(O[Si](C)(C)C)[Si](C)(C)C. The molecule has 41 nitrogen and oxygen atoms in total. The Morgan fingerprint density at radius 3 is 0.271 bits per heavy atom. The van der Waals surface area contributed by atoms with Crippen LogP contribution in [0, 0.1) is 0 Å². The second-order valence-corrected chi connectivity index (χ2v) is 138. The largest absolute Gasteiger partial charge is 0.439 e. The van der Waals surface area contributed by atoms with Crippen molar-refractivity contribution < 1.29 is 169 Å². The van der Waals surface area contributed by atoms with Crippen LogP contribution >= 0.6 is 0 Å². The molecular formula is C46H178O41Si42. The summed E-state index contributed by atoms with van der Waals surface area (Å²) in [5.41, 5.74) is 0. The van der Waals surface area contributed by atoms with E-state index in [0.717, 1.165) is 0 Å². The summed E-state index contributed by atoms with van der Waals surface area (Å²) >= 11 is 0. The zero-order valence-electron chi connectivity index (χ0n) is 86.8. The van der Waals surface area contributed by atoms with Gasteiger partial charge in [0.05, 0.1) is 0 Å². The van der Waals surface area contributed by atoms with Crippen molar-refractivity contribution in [2.45, 2.75) is 301 Å². The maximum atomic E-state index is 9.60. The predicted octanol–water partition coefficient (Wildman–Crippen LogP) is -2.87. The molecule has 0 amide bonds. The second-order valence-electron chi connectivity index (χ2n) is 32.9. The van der Waals surface area contributed by atoms with Gasteiger partial charge in [-0.05, 0) is 282 Å². The van der Waals surface area contributed by atoms with Crippen LogP contribution in [0.3, 0.4) is 0 Å². The molecule has 0 aromatic carbocycles. The van der Waals surface area contributed by atoms with Crippen LogP contribution in [0.2, 0.25) is 301 Å². The molecule has 0 heterocycles. The van der Waals surface area contributed by atoms with E-state index >= 15 is 0 Å². The van der Waals surface area contributed by atoms with Crippen molar-refractivity contribution in [3.05, 3.63) is 0 Å². The first kappa shape index (κ1) is 136. The molecule has 0 aliphatic rings. The molecule has 0 radical (unpaired) electrons. The minimum atomic E-state index is -2.37. The van der Waals surface area contributed by atoms with Crippen molar-refractivity contribution in [3.8, 4) is 0 Å². The zero-order valence-corrected chi connectivity index (χ0v) is 135. The average molecular weight is 2570 g/mol. The van der Waals surface area contributed by atoms with Crippen LogP contribution < -0.4 is 0 Å². The van der Waals surface area contributed by atoms with Gasteiger partial charge in [-0.3, -0.25) is 0 Å². The van der Waals surface area contributed by atoms with Gasteiger partial charge in [-0.25, -0.2) is 0 Å². The van der Waals surface area contributed by atoms with E-state index in [9.17, 15) is 4.80 Å². The lowest BCUT2D eigenvalue weighted by atomic mass is 11.8. The Morgan fingerprint density at radius 2 is 0.202 bits per heavy atom. The fraction of sp³-hybridized carbons (Fsp3) is 1.00. The minimum Gasteiger partial charge on any atom is -0.439 e. The molecule has 0 aliphatic carbocycles. The lowest BCUT2D eigenvalue weighted by molar-refractivity contribution is 0.296. The van der Waals surface area contributed by atoms with Gasteiger partial charge in [0, 0.05) is 0 Å². The first-order valence-electron chi connectivity index (χ1n) is 45.3. The van der Waals surface area contributed by atoms with Gasteiger partial charge in [0.15, 0.2) is 8.32 Å². The standard InChI is InChI=1S/C46H178O41Si42/c1-88(47)48-89(2)49-90(3)50-91(4)51-92(5)52-93(6)53-94(7)54-95(8)55-96(9)56-97(10)57-98(11)58-99(12)59-100(13)60-101(14)61-102(15)62-103(16)63-104(17)64-105(18)65-106(19)66-107(20)67-108(21)68-109(22)69-110(23)70-111(24)71-112(25)72-113(26)73-114(27)74-115(28)75-116(29)76-117(30)77-118(31)78-119(32)79-120(33)80-121(34)81-122(35)82-123(36)83-124(37)84-125(38)85-126(39)86-129(46,128(43,44)45)87-127(40,41)42/h47,88-126H,1-46H3. The molecule has 0 spiro atoms. The van der Waals surface area contributed by atoms with Crippen molar-refractivity contribution in [3.63, 3.8) is 0 Å². The maximum Gasteiger partial charge on any atom is 0.306 e. The van der Waals surface area contributed by atoms with Gasteiger partial charge in [-0.2, -0.15) is 0 Å². The van der Waals surface area contributed by atoms with Crippen molar-refractivity contribution >= 4 is 386 Å². The molecule has 0 aliphatic heterocycles. The van der Waals surface area contributed by atoms with Crippen molar-refractivity contribution in [2.24, 2.45) is 0 Å². The fourth-order valence-electron chi connectivity index (χ4n) is 12.7. The molecule has 1 N–H and O–H groups in total. The summed E-state index contributed by atoms with van der Waals surface area (Å²) in [6.45, 7) is 93.9.